The van der Waals surface area contributed by atoms with E-state index >= 15 is 0 Å². The average Bonchev–Trinajstić information content (AvgIpc) is 2.35. The van der Waals surface area contributed by atoms with Gasteiger partial charge in [-0.1, -0.05) is 0 Å². The number of fused-ring (bicyclic) bond motifs is 1. The standard InChI is InChI=1S/C12H13BrN6O2/c1-18(12(20)21)7-4-19(5-7)10-9-8(16-11(14)17-10)2-6(13)3-15-9/h2-3,7H,4-5H2,1H3,(H,20,21)(H2,14,16,17). The fourth-order valence-electron chi connectivity index (χ4n) is 2.25. The molecule has 0 radical (unpaired) electrons. The SMILES string of the molecule is CN(C(=O)O)C1CN(c2nc(N)nc3cc(Br)cnc23)C1. The summed E-state index contributed by atoms with van der Waals surface area (Å²) in [4.78, 5) is 26.9. The van der Waals surface area contributed by atoms with E-state index in [1.165, 1.54) is 4.90 Å². The van der Waals surface area contributed by atoms with E-state index in [0.717, 1.165) is 4.47 Å². The van der Waals surface area contributed by atoms with E-state index in [2.05, 4.69) is 30.9 Å². The van der Waals surface area contributed by atoms with Crippen LogP contribution in [0.15, 0.2) is 16.7 Å². The molecular formula is C12H13BrN6O2. The molecule has 0 aliphatic carbocycles. The molecule has 1 aliphatic rings. The van der Waals surface area contributed by atoms with Gasteiger partial charge in [-0.3, -0.25) is 0 Å². The quantitative estimate of drug-likeness (QED) is 0.834. The Hall–Kier alpha value is -2.16. The molecule has 1 saturated heterocycles. The molecule has 0 atom stereocenters. The van der Waals surface area contributed by atoms with Crippen molar-refractivity contribution < 1.29 is 9.90 Å². The molecule has 0 unspecified atom stereocenters. The van der Waals surface area contributed by atoms with Crippen molar-refractivity contribution in [3.63, 3.8) is 0 Å². The Morgan fingerprint density at radius 1 is 1.52 bits per heavy atom. The minimum atomic E-state index is -0.936. The molecule has 0 aromatic carbocycles. The molecule has 0 saturated carbocycles. The molecule has 3 N–H and O–H groups in total. The highest BCUT2D eigenvalue weighted by Gasteiger charge is 2.34. The zero-order chi connectivity index (χ0) is 15.1. The number of nitrogens with zero attached hydrogens (tertiary/aromatic N) is 5. The normalized spacial score (nSPS) is 15.0. The first kappa shape index (κ1) is 13.8. The lowest BCUT2D eigenvalue weighted by molar-refractivity contribution is 0.130. The number of hydrogen-bond donors (Lipinski definition) is 2. The highest BCUT2D eigenvalue weighted by Crippen LogP contribution is 2.29. The summed E-state index contributed by atoms with van der Waals surface area (Å²) in [5, 5.41) is 8.96. The summed E-state index contributed by atoms with van der Waals surface area (Å²) in [6, 6.07) is 1.77. The van der Waals surface area contributed by atoms with Gasteiger partial charge < -0.3 is 20.6 Å². The van der Waals surface area contributed by atoms with E-state index in [1.54, 1.807) is 13.2 Å². The van der Waals surface area contributed by atoms with Gasteiger partial charge in [0.25, 0.3) is 0 Å². The predicted molar refractivity (Wildman–Crippen MR) is 81.2 cm³/mol. The van der Waals surface area contributed by atoms with Crippen LogP contribution in [0, 0.1) is 0 Å². The summed E-state index contributed by atoms with van der Waals surface area (Å²) in [5.41, 5.74) is 7.05. The number of carbonyl (C=O) groups is 1. The zero-order valence-electron chi connectivity index (χ0n) is 11.2. The van der Waals surface area contributed by atoms with E-state index < -0.39 is 6.09 Å². The number of pyridine rings is 1. The van der Waals surface area contributed by atoms with Gasteiger partial charge in [0.05, 0.1) is 11.6 Å². The van der Waals surface area contributed by atoms with Crippen LogP contribution in [0.25, 0.3) is 11.0 Å². The lowest BCUT2D eigenvalue weighted by Gasteiger charge is -2.43. The summed E-state index contributed by atoms with van der Waals surface area (Å²) in [7, 11) is 1.56. The summed E-state index contributed by atoms with van der Waals surface area (Å²) in [6.07, 6.45) is 0.736. The van der Waals surface area contributed by atoms with Crippen LogP contribution in [0.2, 0.25) is 0 Å². The Morgan fingerprint density at radius 3 is 2.90 bits per heavy atom. The summed E-state index contributed by atoms with van der Waals surface area (Å²) in [5.74, 6) is 0.812. The minimum absolute atomic E-state index is 0.0517. The number of hydrogen-bond acceptors (Lipinski definition) is 6. The molecule has 1 aliphatic heterocycles. The first-order chi connectivity index (χ1) is 9.95. The van der Waals surface area contributed by atoms with Crippen molar-refractivity contribution >= 4 is 44.8 Å². The molecule has 0 bridgehead atoms. The van der Waals surface area contributed by atoms with Crippen molar-refractivity contribution in [1.82, 2.24) is 19.9 Å². The molecule has 2 aromatic rings. The third-order valence-corrected chi connectivity index (χ3v) is 3.95. The Kier molecular flexibility index (Phi) is 3.28. The fourth-order valence-corrected chi connectivity index (χ4v) is 2.57. The maximum Gasteiger partial charge on any atom is 0.407 e. The second-order valence-corrected chi connectivity index (χ2v) is 5.79. The molecule has 21 heavy (non-hydrogen) atoms. The van der Waals surface area contributed by atoms with Crippen molar-refractivity contribution in [1.29, 1.82) is 0 Å². The van der Waals surface area contributed by atoms with Gasteiger partial charge in [-0.2, -0.15) is 4.98 Å². The fraction of sp³-hybridized carbons (Fsp3) is 0.333. The van der Waals surface area contributed by atoms with Gasteiger partial charge in [-0.15, -0.1) is 0 Å². The first-order valence-corrected chi connectivity index (χ1v) is 7.04. The molecule has 3 heterocycles. The van der Waals surface area contributed by atoms with Gasteiger partial charge >= 0.3 is 6.09 Å². The average molecular weight is 353 g/mol. The first-order valence-electron chi connectivity index (χ1n) is 6.25. The van der Waals surface area contributed by atoms with Crippen molar-refractivity contribution in [2.75, 3.05) is 30.8 Å². The van der Waals surface area contributed by atoms with Crippen LogP contribution in [-0.2, 0) is 0 Å². The molecule has 3 rings (SSSR count). The topological polar surface area (TPSA) is 108 Å². The van der Waals surface area contributed by atoms with Gasteiger partial charge in [-0.05, 0) is 22.0 Å². The van der Waals surface area contributed by atoms with E-state index in [9.17, 15) is 4.79 Å². The third-order valence-electron chi connectivity index (χ3n) is 3.51. The van der Waals surface area contributed by atoms with E-state index in [0.29, 0.717) is 29.9 Å². The number of nitrogen functional groups attached to an aromatic ring is 1. The van der Waals surface area contributed by atoms with Crippen molar-refractivity contribution in [3.8, 4) is 0 Å². The second-order valence-electron chi connectivity index (χ2n) is 4.88. The molecule has 1 fully saturated rings. The number of rotatable bonds is 2. The second kappa shape index (κ2) is 4.99. The van der Waals surface area contributed by atoms with Crippen molar-refractivity contribution in [2.24, 2.45) is 0 Å². The molecule has 2 aromatic heterocycles. The lowest BCUT2D eigenvalue weighted by Crippen LogP contribution is -2.60. The maximum atomic E-state index is 10.9. The van der Waals surface area contributed by atoms with Crippen LogP contribution < -0.4 is 10.6 Å². The number of halogens is 1. The Labute approximate surface area is 128 Å². The highest BCUT2D eigenvalue weighted by atomic mass is 79.9. The zero-order valence-corrected chi connectivity index (χ0v) is 12.8. The van der Waals surface area contributed by atoms with Gasteiger partial charge in [0.2, 0.25) is 5.95 Å². The molecule has 8 nitrogen and oxygen atoms in total. The summed E-state index contributed by atoms with van der Waals surface area (Å²) >= 11 is 3.34. The highest BCUT2D eigenvalue weighted by molar-refractivity contribution is 9.10. The Morgan fingerprint density at radius 2 is 2.24 bits per heavy atom. The number of anilines is 2. The number of amides is 1. The number of aromatic nitrogens is 3. The third kappa shape index (κ3) is 2.44. The van der Waals surface area contributed by atoms with E-state index in [1.807, 2.05) is 11.0 Å². The van der Waals surface area contributed by atoms with E-state index in [-0.39, 0.29) is 12.0 Å². The van der Waals surface area contributed by atoms with Crippen LogP contribution in [0.4, 0.5) is 16.6 Å². The van der Waals surface area contributed by atoms with Crippen LogP contribution in [0.3, 0.4) is 0 Å². The molecule has 110 valence electrons. The van der Waals surface area contributed by atoms with Gasteiger partial charge in [0.1, 0.15) is 5.52 Å². The van der Waals surface area contributed by atoms with Crippen LogP contribution in [-0.4, -0.2) is 57.2 Å². The molecule has 0 spiro atoms. The maximum absolute atomic E-state index is 10.9. The lowest BCUT2D eigenvalue weighted by atomic mass is 10.1. The number of nitrogens with two attached hydrogens (primary N) is 1. The predicted octanol–water partition coefficient (Wildman–Crippen LogP) is 1.17. The van der Waals surface area contributed by atoms with Crippen LogP contribution in [0.1, 0.15) is 0 Å². The van der Waals surface area contributed by atoms with Gasteiger partial charge in [0.15, 0.2) is 5.82 Å². The minimum Gasteiger partial charge on any atom is -0.465 e. The number of carboxylic acid groups (broad SMARTS) is 1. The summed E-state index contributed by atoms with van der Waals surface area (Å²) in [6.45, 7) is 1.12. The molecular weight excluding hydrogens is 340 g/mol. The van der Waals surface area contributed by atoms with Gasteiger partial charge in [0, 0.05) is 30.8 Å². The van der Waals surface area contributed by atoms with Gasteiger partial charge in [-0.25, -0.2) is 14.8 Å². The smallest absolute Gasteiger partial charge is 0.407 e. The monoisotopic (exact) mass is 352 g/mol. The summed E-state index contributed by atoms with van der Waals surface area (Å²) < 4.78 is 0.811. The van der Waals surface area contributed by atoms with Crippen molar-refractivity contribution in [2.45, 2.75) is 6.04 Å². The number of likely N-dealkylation sites (N-methyl/N-ethyl adjacent to an activating group) is 1. The van der Waals surface area contributed by atoms with Crippen LogP contribution in [0.5, 0.6) is 0 Å². The Bertz CT molecular complexity index is 713. The molecule has 9 heteroatoms. The van der Waals surface area contributed by atoms with Crippen molar-refractivity contribution in [3.05, 3.63) is 16.7 Å². The van der Waals surface area contributed by atoms with Crippen LogP contribution >= 0.6 is 15.9 Å². The van der Waals surface area contributed by atoms with E-state index in [4.69, 9.17) is 10.8 Å². The largest absolute Gasteiger partial charge is 0.465 e. The Balaban J connectivity index is 1.90. The molecule has 1 amide bonds.